The standard InChI is InChI=1S/C15H17BrN2O3/c1-10(2)15(3,9-17)18-13(19)8-21-14(20)11-5-4-6-12(16)7-11/h4-7,10H,8H2,1-3H3,(H,18,19). The van der Waals surface area contributed by atoms with Gasteiger partial charge in [-0.1, -0.05) is 35.8 Å². The van der Waals surface area contributed by atoms with Gasteiger partial charge in [0, 0.05) is 4.47 Å². The molecule has 6 heteroatoms. The molecule has 21 heavy (non-hydrogen) atoms. The Balaban J connectivity index is 2.58. The van der Waals surface area contributed by atoms with Crippen LogP contribution in [-0.4, -0.2) is 24.0 Å². The third kappa shape index (κ3) is 4.87. The maximum Gasteiger partial charge on any atom is 0.338 e. The second kappa shape index (κ2) is 7.23. The van der Waals surface area contributed by atoms with Gasteiger partial charge in [-0.05, 0) is 31.0 Å². The predicted molar refractivity (Wildman–Crippen MR) is 81.4 cm³/mol. The summed E-state index contributed by atoms with van der Waals surface area (Å²) in [5.74, 6) is -1.15. The van der Waals surface area contributed by atoms with E-state index in [2.05, 4.69) is 27.3 Å². The van der Waals surface area contributed by atoms with Gasteiger partial charge in [0.15, 0.2) is 6.61 Å². The number of nitrogens with zero attached hydrogens (tertiary/aromatic N) is 1. The Hall–Kier alpha value is -1.87. The molecular weight excluding hydrogens is 336 g/mol. The van der Waals surface area contributed by atoms with E-state index in [-0.39, 0.29) is 5.92 Å². The van der Waals surface area contributed by atoms with Crippen LogP contribution in [0, 0.1) is 17.2 Å². The van der Waals surface area contributed by atoms with Crippen molar-refractivity contribution in [2.24, 2.45) is 5.92 Å². The molecule has 0 aliphatic heterocycles. The molecule has 112 valence electrons. The van der Waals surface area contributed by atoms with Crippen LogP contribution in [0.4, 0.5) is 0 Å². The van der Waals surface area contributed by atoms with Gasteiger partial charge in [0.05, 0.1) is 11.6 Å². The van der Waals surface area contributed by atoms with E-state index >= 15 is 0 Å². The summed E-state index contributed by atoms with van der Waals surface area (Å²) in [5.41, 5.74) is -0.636. The van der Waals surface area contributed by atoms with Crippen molar-refractivity contribution >= 4 is 27.8 Å². The normalized spacial score (nSPS) is 13.1. The molecule has 5 nitrogen and oxygen atoms in total. The first-order valence-corrected chi connectivity index (χ1v) is 7.22. The number of nitrogens with one attached hydrogen (secondary N) is 1. The van der Waals surface area contributed by atoms with E-state index in [9.17, 15) is 9.59 Å². The summed E-state index contributed by atoms with van der Waals surface area (Å²) in [4.78, 5) is 23.6. The molecular formula is C15H17BrN2O3. The number of ether oxygens (including phenoxy) is 1. The van der Waals surface area contributed by atoms with Crippen LogP contribution in [0.15, 0.2) is 28.7 Å². The zero-order valence-electron chi connectivity index (χ0n) is 12.1. The SMILES string of the molecule is CC(C)C(C)(C#N)NC(=O)COC(=O)c1cccc(Br)c1. The number of halogens is 1. The minimum atomic E-state index is -0.987. The molecule has 0 aliphatic rings. The lowest BCUT2D eigenvalue weighted by atomic mass is 9.90. The third-order valence-electron chi connectivity index (χ3n) is 3.18. The molecule has 1 N–H and O–H groups in total. The van der Waals surface area contributed by atoms with E-state index in [0.29, 0.717) is 5.56 Å². The maximum absolute atomic E-state index is 11.8. The van der Waals surface area contributed by atoms with E-state index in [1.165, 1.54) is 0 Å². The van der Waals surface area contributed by atoms with E-state index in [1.807, 2.05) is 13.8 Å². The van der Waals surface area contributed by atoms with Crippen LogP contribution in [0.1, 0.15) is 31.1 Å². The fourth-order valence-electron chi connectivity index (χ4n) is 1.46. The van der Waals surface area contributed by atoms with E-state index in [1.54, 1.807) is 31.2 Å². The van der Waals surface area contributed by atoms with Gasteiger partial charge in [0.2, 0.25) is 0 Å². The number of carbonyl (C=O) groups excluding carboxylic acids is 2. The summed E-state index contributed by atoms with van der Waals surface area (Å²) in [6, 6.07) is 8.74. The summed E-state index contributed by atoms with van der Waals surface area (Å²) in [6.45, 7) is 4.87. The van der Waals surface area contributed by atoms with Crippen LogP contribution in [0.2, 0.25) is 0 Å². The summed E-state index contributed by atoms with van der Waals surface area (Å²) in [5, 5.41) is 11.7. The second-order valence-electron chi connectivity index (χ2n) is 5.10. The number of hydrogen-bond donors (Lipinski definition) is 1. The average molecular weight is 353 g/mol. The lowest BCUT2D eigenvalue weighted by Gasteiger charge is -2.27. The van der Waals surface area contributed by atoms with Crippen molar-refractivity contribution < 1.29 is 14.3 Å². The Kier molecular flexibility index (Phi) is 5.91. The Labute approximate surface area is 132 Å². The van der Waals surface area contributed by atoms with Crippen LogP contribution < -0.4 is 5.32 Å². The Morgan fingerprint density at radius 1 is 1.48 bits per heavy atom. The smallest absolute Gasteiger partial charge is 0.338 e. The molecule has 0 spiro atoms. The van der Waals surface area contributed by atoms with Gasteiger partial charge in [0.1, 0.15) is 5.54 Å². The number of amides is 1. The highest BCUT2D eigenvalue weighted by Crippen LogP contribution is 2.15. The highest BCUT2D eigenvalue weighted by atomic mass is 79.9. The summed E-state index contributed by atoms with van der Waals surface area (Å²) < 4.78 is 5.68. The fraction of sp³-hybridized carbons (Fsp3) is 0.400. The van der Waals surface area contributed by atoms with Crippen molar-refractivity contribution in [1.29, 1.82) is 5.26 Å². The minimum absolute atomic E-state index is 0.0627. The summed E-state index contributed by atoms with van der Waals surface area (Å²) in [7, 11) is 0. The highest BCUT2D eigenvalue weighted by molar-refractivity contribution is 9.10. The zero-order valence-corrected chi connectivity index (χ0v) is 13.7. The minimum Gasteiger partial charge on any atom is -0.452 e. The number of nitriles is 1. The molecule has 0 fully saturated rings. The van der Waals surface area contributed by atoms with Crippen molar-refractivity contribution in [3.8, 4) is 6.07 Å². The van der Waals surface area contributed by atoms with Gasteiger partial charge in [-0.3, -0.25) is 4.79 Å². The average Bonchev–Trinajstić information content (AvgIpc) is 2.44. The quantitative estimate of drug-likeness (QED) is 0.826. The molecule has 0 radical (unpaired) electrons. The van der Waals surface area contributed by atoms with Crippen molar-refractivity contribution in [2.75, 3.05) is 6.61 Å². The Morgan fingerprint density at radius 3 is 2.67 bits per heavy atom. The first kappa shape index (κ1) is 17.2. The van der Waals surface area contributed by atoms with Gasteiger partial charge < -0.3 is 10.1 Å². The molecule has 0 saturated carbocycles. The molecule has 0 aromatic heterocycles. The van der Waals surface area contributed by atoms with E-state index < -0.39 is 24.0 Å². The predicted octanol–water partition coefficient (Wildman–Crippen LogP) is 2.66. The van der Waals surface area contributed by atoms with Crippen LogP contribution in [0.3, 0.4) is 0 Å². The lowest BCUT2D eigenvalue weighted by Crippen LogP contribution is -2.50. The number of rotatable bonds is 5. The maximum atomic E-state index is 11.8. The lowest BCUT2D eigenvalue weighted by molar-refractivity contribution is -0.125. The van der Waals surface area contributed by atoms with Gasteiger partial charge >= 0.3 is 5.97 Å². The summed E-state index contributed by atoms with van der Waals surface area (Å²) >= 11 is 3.25. The van der Waals surface area contributed by atoms with Gasteiger partial charge in [-0.25, -0.2) is 4.79 Å². The largest absolute Gasteiger partial charge is 0.452 e. The third-order valence-corrected chi connectivity index (χ3v) is 3.67. The summed E-state index contributed by atoms with van der Waals surface area (Å²) in [6.07, 6.45) is 0. The van der Waals surface area contributed by atoms with Crippen molar-refractivity contribution in [3.05, 3.63) is 34.3 Å². The first-order chi connectivity index (χ1) is 9.78. The molecule has 0 heterocycles. The van der Waals surface area contributed by atoms with E-state index in [0.717, 1.165) is 4.47 Å². The zero-order chi connectivity index (χ0) is 16.0. The number of carbonyl (C=O) groups is 2. The van der Waals surface area contributed by atoms with Crippen LogP contribution in [0.5, 0.6) is 0 Å². The fourth-order valence-corrected chi connectivity index (χ4v) is 1.86. The highest BCUT2D eigenvalue weighted by Gasteiger charge is 2.30. The second-order valence-corrected chi connectivity index (χ2v) is 6.02. The molecule has 1 amide bonds. The van der Waals surface area contributed by atoms with Gasteiger partial charge in [-0.2, -0.15) is 5.26 Å². The molecule has 1 unspecified atom stereocenters. The van der Waals surface area contributed by atoms with Crippen LogP contribution in [0.25, 0.3) is 0 Å². The first-order valence-electron chi connectivity index (χ1n) is 6.43. The molecule has 0 bridgehead atoms. The monoisotopic (exact) mass is 352 g/mol. The van der Waals surface area contributed by atoms with Crippen LogP contribution >= 0.6 is 15.9 Å². The van der Waals surface area contributed by atoms with Gasteiger partial charge in [0.25, 0.3) is 5.91 Å². The van der Waals surface area contributed by atoms with E-state index in [4.69, 9.17) is 10.00 Å². The molecule has 1 rings (SSSR count). The topological polar surface area (TPSA) is 79.2 Å². The number of esters is 1. The van der Waals surface area contributed by atoms with Crippen molar-refractivity contribution in [3.63, 3.8) is 0 Å². The Bertz CT molecular complexity index is 581. The Morgan fingerprint density at radius 2 is 2.14 bits per heavy atom. The molecule has 1 atom stereocenters. The molecule has 1 aromatic rings. The van der Waals surface area contributed by atoms with Crippen molar-refractivity contribution in [1.82, 2.24) is 5.32 Å². The molecule has 0 aliphatic carbocycles. The molecule has 1 aromatic carbocycles. The van der Waals surface area contributed by atoms with Gasteiger partial charge in [-0.15, -0.1) is 0 Å². The van der Waals surface area contributed by atoms with Crippen LogP contribution in [-0.2, 0) is 9.53 Å². The molecule has 0 saturated heterocycles. The number of hydrogen-bond acceptors (Lipinski definition) is 4. The number of benzene rings is 1. The van der Waals surface area contributed by atoms with Crippen molar-refractivity contribution in [2.45, 2.75) is 26.3 Å².